The third-order valence-electron chi connectivity index (χ3n) is 2.90. The molecule has 0 bridgehead atoms. The number of hydrogen-bond acceptors (Lipinski definition) is 11. The average Bonchev–Trinajstić information content (AvgIpc) is 3.14. The summed E-state index contributed by atoms with van der Waals surface area (Å²) < 4.78 is 18.8. The van der Waals surface area contributed by atoms with Crippen molar-refractivity contribution >= 4 is 23.9 Å². The largest absolute Gasteiger partial charge is 0.466 e. The highest BCUT2D eigenvalue weighted by Gasteiger charge is 2.21. The number of carbonyl (C=O) groups is 4. The van der Waals surface area contributed by atoms with E-state index < -0.39 is 30.0 Å². The minimum absolute atomic E-state index is 0.207. The van der Waals surface area contributed by atoms with E-state index in [-0.39, 0.29) is 13.2 Å². The summed E-state index contributed by atoms with van der Waals surface area (Å²) in [6.45, 7) is 0.585. The number of methoxy groups -OCH3 is 2. The Hall–Kier alpha value is -3.08. The summed E-state index contributed by atoms with van der Waals surface area (Å²) in [4.78, 5) is 47.0. The zero-order chi connectivity index (χ0) is 19.4. The van der Waals surface area contributed by atoms with Crippen molar-refractivity contribution in [3.05, 3.63) is 24.3 Å². The van der Waals surface area contributed by atoms with Crippen LogP contribution < -0.4 is 0 Å². The maximum Gasteiger partial charge on any atom is 0.331 e. The molecule has 1 atom stereocenters. The SMILES string of the molecule is COC(=O)/C=C/C(=O)OCC(CN1CN=NC1)OC(=O)/C=C/C(=O)OC. The summed E-state index contributed by atoms with van der Waals surface area (Å²) in [7, 11) is 2.34. The number of rotatable bonds is 9. The standard InChI is InChI=1S/C15H19N3O8/c1-23-12(19)3-5-14(21)25-8-11(7-18-9-16-17-10-18)26-15(22)6-4-13(20)24-2/h3-6,11H,7-10H2,1-2H3/b5-3+,6-4+. The molecule has 0 saturated carbocycles. The zero-order valence-corrected chi connectivity index (χ0v) is 14.3. The molecule has 26 heavy (non-hydrogen) atoms. The fourth-order valence-corrected chi connectivity index (χ4v) is 1.68. The van der Waals surface area contributed by atoms with Gasteiger partial charge >= 0.3 is 23.9 Å². The molecule has 1 rings (SSSR count). The Morgan fingerprint density at radius 3 is 1.92 bits per heavy atom. The predicted octanol–water partition coefficient (Wildman–Crippen LogP) is -0.417. The van der Waals surface area contributed by atoms with E-state index in [1.54, 1.807) is 4.90 Å². The minimum Gasteiger partial charge on any atom is -0.466 e. The van der Waals surface area contributed by atoms with Crippen LogP contribution in [0.2, 0.25) is 0 Å². The number of nitrogens with zero attached hydrogens (tertiary/aromatic N) is 3. The van der Waals surface area contributed by atoms with Crippen LogP contribution in [0.4, 0.5) is 0 Å². The van der Waals surface area contributed by atoms with E-state index in [0.29, 0.717) is 13.3 Å². The molecule has 0 aromatic heterocycles. The van der Waals surface area contributed by atoms with Crippen molar-refractivity contribution in [2.45, 2.75) is 6.10 Å². The highest BCUT2D eigenvalue weighted by Crippen LogP contribution is 2.05. The molecule has 0 saturated heterocycles. The van der Waals surface area contributed by atoms with Crippen molar-refractivity contribution in [3.8, 4) is 0 Å². The molecule has 1 aliphatic rings. The summed E-state index contributed by atoms with van der Waals surface area (Å²) in [6, 6.07) is 0. The molecule has 11 nitrogen and oxygen atoms in total. The fraction of sp³-hybridized carbons (Fsp3) is 0.467. The summed E-state index contributed by atoms with van der Waals surface area (Å²) in [5, 5.41) is 7.57. The van der Waals surface area contributed by atoms with E-state index in [1.807, 2.05) is 0 Å². The van der Waals surface area contributed by atoms with Crippen LogP contribution in [-0.2, 0) is 38.1 Å². The summed E-state index contributed by atoms with van der Waals surface area (Å²) in [5.41, 5.74) is 0. The van der Waals surface area contributed by atoms with Crippen LogP contribution >= 0.6 is 0 Å². The molecule has 1 aliphatic heterocycles. The second-order valence-electron chi connectivity index (χ2n) is 4.82. The fourth-order valence-electron chi connectivity index (χ4n) is 1.68. The van der Waals surface area contributed by atoms with Crippen molar-refractivity contribution in [2.75, 3.05) is 40.7 Å². The lowest BCUT2D eigenvalue weighted by Crippen LogP contribution is -2.37. The topological polar surface area (TPSA) is 133 Å². The van der Waals surface area contributed by atoms with Crippen molar-refractivity contribution in [3.63, 3.8) is 0 Å². The monoisotopic (exact) mass is 369 g/mol. The van der Waals surface area contributed by atoms with Crippen LogP contribution in [0, 0.1) is 0 Å². The molecule has 0 radical (unpaired) electrons. The Labute approximate surface area is 149 Å². The summed E-state index contributed by atoms with van der Waals surface area (Å²) in [5.74, 6) is -3.04. The van der Waals surface area contributed by atoms with Gasteiger partial charge in [0.1, 0.15) is 26.0 Å². The van der Waals surface area contributed by atoms with E-state index >= 15 is 0 Å². The lowest BCUT2D eigenvalue weighted by Gasteiger charge is -2.21. The van der Waals surface area contributed by atoms with Gasteiger partial charge in [0.05, 0.1) is 14.2 Å². The lowest BCUT2D eigenvalue weighted by atomic mass is 10.3. The summed E-state index contributed by atoms with van der Waals surface area (Å²) in [6.07, 6.45) is 2.77. The molecular weight excluding hydrogens is 350 g/mol. The number of esters is 4. The van der Waals surface area contributed by atoms with Gasteiger partial charge in [-0.25, -0.2) is 19.2 Å². The third-order valence-corrected chi connectivity index (χ3v) is 2.90. The van der Waals surface area contributed by atoms with Gasteiger partial charge in [-0.05, 0) is 0 Å². The van der Waals surface area contributed by atoms with Gasteiger partial charge in [-0.3, -0.25) is 4.90 Å². The Kier molecular flexibility index (Phi) is 9.25. The number of azo groups is 1. The van der Waals surface area contributed by atoms with Gasteiger partial charge in [0.15, 0.2) is 0 Å². The van der Waals surface area contributed by atoms with E-state index in [9.17, 15) is 19.2 Å². The molecule has 0 aromatic carbocycles. The van der Waals surface area contributed by atoms with Gasteiger partial charge in [-0.15, -0.1) is 0 Å². The van der Waals surface area contributed by atoms with E-state index in [2.05, 4.69) is 19.7 Å². The Bertz CT molecular complexity index is 606. The zero-order valence-electron chi connectivity index (χ0n) is 14.3. The first kappa shape index (κ1) is 21.0. The average molecular weight is 369 g/mol. The van der Waals surface area contributed by atoms with E-state index in [0.717, 1.165) is 24.3 Å². The number of ether oxygens (including phenoxy) is 4. The van der Waals surface area contributed by atoms with Crippen molar-refractivity contribution < 1.29 is 38.1 Å². The van der Waals surface area contributed by atoms with Crippen LogP contribution in [-0.4, -0.2) is 75.6 Å². The molecule has 0 aliphatic carbocycles. The minimum atomic E-state index is -0.830. The number of carbonyl (C=O) groups excluding carboxylic acids is 4. The molecule has 0 N–H and O–H groups in total. The molecule has 142 valence electrons. The maximum absolute atomic E-state index is 11.7. The highest BCUT2D eigenvalue weighted by atomic mass is 16.6. The smallest absolute Gasteiger partial charge is 0.331 e. The molecule has 1 unspecified atom stereocenters. The molecule has 0 aromatic rings. The Morgan fingerprint density at radius 2 is 1.38 bits per heavy atom. The normalized spacial score (nSPS) is 15.2. The van der Waals surface area contributed by atoms with E-state index in [4.69, 9.17) is 9.47 Å². The van der Waals surface area contributed by atoms with Crippen molar-refractivity contribution in [1.82, 2.24) is 4.90 Å². The quantitative estimate of drug-likeness (QED) is 0.302. The maximum atomic E-state index is 11.7. The lowest BCUT2D eigenvalue weighted by molar-refractivity contribution is -0.153. The van der Waals surface area contributed by atoms with Gasteiger partial charge in [-0.2, -0.15) is 10.2 Å². The first-order valence-corrected chi connectivity index (χ1v) is 7.39. The van der Waals surface area contributed by atoms with Crippen molar-refractivity contribution in [1.29, 1.82) is 0 Å². The second-order valence-corrected chi connectivity index (χ2v) is 4.82. The first-order chi connectivity index (χ1) is 12.4. The molecule has 0 fully saturated rings. The van der Waals surface area contributed by atoms with Crippen molar-refractivity contribution in [2.24, 2.45) is 10.2 Å². The van der Waals surface area contributed by atoms with Gasteiger partial charge in [0, 0.05) is 30.8 Å². The van der Waals surface area contributed by atoms with Gasteiger partial charge < -0.3 is 18.9 Å². The van der Waals surface area contributed by atoms with Crippen LogP contribution in [0.15, 0.2) is 34.5 Å². The number of hydrogen-bond donors (Lipinski definition) is 0. The first-order valence-electron chi connectivity index (χ1n) is 7.39. The molecule has 0 spiro atoms. The summed E-state index contributed by atoms with van der Waals surface area (Å²) >= 11 is 0. The molecular formula is C15H19N3O8. The van der Waals surface area contributed by atoms with Crippen LogP contribution in [0.25, 0.3) is 0 Å². The van der Waals surface area contributed by atoms with Crippen LogP contribution in [0.1, 0.15) is 0 Å². The second kappa shape index (κ2) is 11.5. The van der Waals surface area contributed by atoms with E-state index in [1.165, 1.54) is 14.2 Å². The van der Waals surface area contributed by atoms with Gasteiger partial charge in [-0.1, -0.05) is 0 Å². The molecule has 11 heteroatoms. The Morgan fingerprint density at radius 1 is 0.885 bits per heavy atom. The van der Waals surface area contributed by atoms with Gasteiger partial charge in [0.2, 0.25) is 0 Å². The van der Waals surface area contributed by atoms with Crippen LogP contribution in [0.3, 0.4) is 0 Å². The molecule has 0 amide bonds. The highest BCUT2D eigenvalue weighted by molar-refractivity contribution is 5.92. The third kappa shape index (κ3) is 8.68. The molecule has 1 heterocycles. The van der Waals surface area contributed by atoms with Crippen LogP contribution in [0.5, 0.6) is 0 Å². The predicted molar refractivity (Wildman–Crippen MR) is 84.4 cm³/mol. The Balaban J connectivity index is 2.57. The van der Waals surface area contributed by atoms with Gasteiger partial charge in [0.25, 0.3) is 0 Å².